The first-order chi connectivity index (χ1) is 13.6. The minimum Gasteiger partial charge on any atom is -0.485 e. The first-order valence-corrected chi connectivity index (χ1v) is 9.63. The summed E-state index contributed by atoms with van der Waals surface area (Å²) >= 11 is 0. The van der Waals surface area contributed by atoms with Crippen molar-refractivity contribution in [3.8, 4) is 11.5 Å². The molecule has 0 radical (unpaired) electrons. The molecule has 1 N–H and O–H groups in total. The van der Waals surface area contributed by atoms with E-state index in [-0.39, 0.29) is 18.1 Å². The third-order valence-electron chi connectivity index (χ3n) is 5.88. The second kappa shape index (κ2) is 6.67. The van der Waals surface area contributed by atoms with E-state index in [0.29, 0.717) is 47.7 Å². The van der Waals surface area contributed by atoms with E-state index in [1.54, 1.807) is 17.9 Å². The summed E-state index contributed by atoms with van der Waals surface area (Å²) in [6.45, 7) is 5.25. The maximum absolute atomic E-state index is 13.0. The fourth-order valence-electron chi connectivity index (χ4n) is 4.39. The van der Waals surface area contributed by atoms with Crippen LogP contribution in [-0.2, 0) is 0 Å². The molecule has 1 aromatic carbocycles. The molecule has 0 aliphatic carbocycles. The van der Waals surface area contributed by atoms with Gasteiger partial charge in [0.2, 0.25) is 0 Å². The van der Waals surface area contributed by atoms with Gasteiger partial charge >= 0.3 is 5.63 Å². The van der Waals surface area contributed by atoms with E-state index in [1.165, 1.54) is 0 Å². The molecule has 1 aromatic heterocycles. The van der Waals surface area contributed by atoms with E-state index in [4.69, 9.17) is 13.9 Å². The molecule has 0 bridgehead atoms. The fraction of sp³-hybridized carbons (Fsp3) is 0.429. The predicted octanol–water partition coefficient (Wildman–Crippen LogP) is 1.75. The number of amides is 1. The lowest BCUT2D eigenvalue weighted by molar-refractivity contribution is 0.0707. The summed E-state index contributed by atoms with van der Waals surface area (Å²) in [5.74, 6) is 2.36. The highest BCUT2D eigenvalue weighted by molar-refractivity contribution is 5.95. The van der Waals surface area contributed by atoms with Crippen molar-refractivity contribution in [2.75, 3.05) is 32.8 Å². The number of likely N-dealkylation sites (tertiary alicyclic amines) is 1. The Bertz CT molecular complexity index is 973. The van der Waals surface area contributed by atoms with Crippen molar-refractivity contribution >= 4 is 5.91 Å². The molecule has 2 aromatic rings. The largest absolute Gasteiger partial charge is 0.485 e. The minimum absolute atomic E-state index is 0.119. The van der Waals surface area contributed by atoms with Gasteiger partial charge in [-0.1, -0.05) is 12.1 Å². The fourth-order valence-corrected chi connectivity index (χ4v) is 4.39. The number of carbonyl (C=O) groups is 1. The molecule has 7 nitrogen and oxygen atoms in total. The lowest BCUT2D eigenvalue weighted by atomic mass is 10.0. The molecule has 4 heterocycles. The molecule has 3 aliphatic heterocycles. The van der Waals surface area contributed by atoms with Crippen LogP contribution in [0.3, 0.4) is 0 Å². The van der Waals surface area contributed by atoms with E-state index >= 15 is 0 Å². The zero-order valence-electron chi connectivity index (χ0n) is 15.6. The van der Waals surface area contributed by atoms with Crippen LogP contribution in [-0.4, -0.2) is 43.6 Å². The van der Waals surface area contributed by atoms with Gasteiger partial charge < -0.3 is 24.1 Å². The number of ether oxygens (including phenoxy) is 2. The highest BCUT2D eigenvalue weighted by atomic mass is 16.6. The van der Waals surface area contributed by atoms with Crippen LogP contribution in [0.15, 0.2) is 39.5 Å². The Morgan fingerprint density at radius 2 is 1.86 bits per heavy atom. The summed E-state index contributed by atoms with van der Waals surface area (Å²) in [5.41, 5.74) is 0.111. The second-order valence-corrected chi connectivity index (χ2v) is 7.75. The van der Waals surface area contributed by atoms with Crippen molar-refractivity contribution in [3.05, 3.63) is 57.6 Å². The van der Waals surface area contributed by atoms with Gasteiger partial charge in [-0.25, -0.2) is 4.79 Å². The van der Waals surface area contributed by atoms with Gasteiger partial charge in [-0.2, -0.15) is 0 Å². The van der Waals surface area contributed by atoms with Gasteiger partial charge in [-0.05, 0) is 42.5 Å². The molecule has 7 heteroatoms. The average molecular weight is 382 g/mol. The molecule has 1 unspecified atom stereocenters. The molecule has 1 amide bonds. The summed E-state index contributed by atoms with van der Waals surface area (Å²) in [6, 6.07) is 9.08. The standard InChI is InChI=1S/C21H22N2O5/c1-12-6-17(18-11-26-15-4-2-3-5-16(15)27-18)28-21(25)19(12)20(24)23-9-13-7-22-8-14(13)10-23/h2-6,13-14,18,22H,7-11H2,1H3/t13-,14+,18?. The maximum Gasteiger partial charge on any atom is 0.349 e. The molecule has 2 saturated heterocycles. The molecule has 2 fully saturated rings. The van der Waals surface area contributed by atoms with Crippen LogP contribution in [0.4, 0.5) is 0 Å². The molecular formula is C21H22N2O5. The van der Waals surface area contributed by atoms with Gasteiger partial charge in [-0.3, -0.25) is 4.79 Å². The number of fused-ring (bicyclic) bond motifs is 2. The zero-order valence-corrected chi connectivity index (χ0v) is 15.6. The van der Waals surface area contributed by atoms with Gasteiger partial charge in [0, 0.05) is 26.2 Å². The SMILES string of the molecule is Cc1cc(C2COc3ccccc3O2)oc(=O)c1C(=O)N1C[C@H]2CNC[C@H]2C1. The summed E-state index contributed by atoms with van der Waals surface area (Å²) < 4.78 is 17.1. The van der Waals surface area contributed by atoms with Crippen LogP contribution in [0.25, 0.3) is 0 Å². The normalized spacial score (nSPS) is 25.6. The third kappa shape index (κ3) is 2.86. The maximum atomic E-state index is 13.0. The van der Waals surface area contributed by atoms with E-state index in [0.717, 1.165) is 13.1 Å². The minimum atomic E-state index is -0.613. The number of nitrogens with one attached hydrogen (secondary N) is 1. The van der Waals surface area contributed by atoms with Crippen molar-refractivity contribution in [2.45, 2.75) is 13.0 Å². The van der Waals surface area contributed by atoms with Crippen LogP contribution in [0.5, 0.6) is 11.5 Å². The van der Waals surface area contributed by atoms with Crippen molar-refractivity contribution in [2.24, 2.45) is 11.8 Å². The van der Waals surface area contributed by atoms with Crippen molar-refractivity contribution in [1.29, 1.82) is 0 Å². The number of rotatable bonds is 2. The lowest BCUT2D eigenvalue weighted by Crippen LogP contribution is -2.35. The number of nitrogens with zero attached hydrogens (tertiary/aromatic N) is 1. The summed E-state index contributed by atoms with van der Waals surface area (Å²) in [4.78, 5) is 27.4. The van der Waals surface area contributed by atoms with Gasteiger partial charge in [-0.15, -0.1) is 0 Å². The number of benzene rings is 1. The van der Waals surface area contributed by atoms with Gasteiger partial charge in [0.05, 0.1) is 0 Å². The highest BCUT2D eigenvalue weighted by Gasteiger charge is 2.39. The summed E-state index contributed by atoms with van der Waals surface area (Å²) in [5, 5.41) is 3.35. The van der Waals surface area contributed by atoms with Crippen LogP contribution in [0.1, 0.15) is 27.8 Å². The topological polar surface area (TPSA) is 81.0 Å². The van der Waals surface area contributed by atoms with Crippen LogP contribution in [0.2, 0.25) is 0 Å². The van der Waals surface area contributed by atoms with E-state index in [9.17, 15) is 9.59 Å². The molecular weight excluding hydrogens is 360 g/mol. The summed E-state index contributed by atoms with van der Waals surface area (Å²) in [7, 11) is 0. The average Bonchev–Trinajstić information content (AvgIpc) is 3.29. The lowest BCUT2D eigenvalue weighted by Gasteiger charge is -2.26. The first kappa shape index (κ1) is 17.3. The smallest absolute Gasteiger partial charge is 0.349 e. The number of hydrogen-bond donors (Lipinski definition) is 1. The molecule has 146 valence electrons. The van der Waals surface area contributed by atoms with Crippen LogP contribution >= 0.6 is 0 Å². The molecule has 5 rings (SSSR count). The number of carbonyl (C=O) groups excluding carboxylic acids is 1. The number of hydrogen-bond acceptors (Lipinski definition) is 6. The zero-order chi connectivity index (χ0) is 19.3. The third-order valence-corrected chi connectivity index (χ3v) is 5.88. The molecule has 3 aliphatic rings. The molecule has 0 saturated carbocycles. The Labute approximate surface area is 162 Å². The van der Waals surface area contributed by atoms with Crippen molar-refractivity contribution in [3.63, 3.8) is 0 Å². The monoisotopic (exact) mass is 382 g/mol. The van der Waals surface area contributed by atoms with Crippen LogP contribution < -0.4 is 20.4 Å². The molecule has 0 spiro atoms. The van der Waals surface area contributed by atoms with Gasteiger partial charge in [0.1, 0.15) is 12.2 Å². The van der Waals surface area contributed by atoms with E-state index in [1.807, 2.05) is 24.3 Å². The Morgan fingerprint density at radius 1 is 1.14 bits per heavy atom. The Morgan fingerprint density at radius 3 is 2.57 bits per heavy atom. The number of para-hydroxylation sites is 2. The van der Waals surface area contributed by atoms with Gasteiger partial charge in [0.25, 0.3) is 5.91 Å². The number of aryl methyl sites for hydroxylation is 1. The first-order valence-electron chi connectivity index (χ1n) is 9.63. The van der Waals surface area contributed by atoms with E-state index in [2.05, 4.69) is 5.32 Å². The molecule has 3 atom stereocenters. The highest BCUT2D eigenvalue weighted by Crippen LogP contribution is 2.36. The quantitative estimate of drug-likeness (QED) is 0.852. The Balaban J connectivity index is 1.39. The Hall–Kier alpha value is -2.80. The molecule has 28 heavy (non-hydrogen) atoms. The summed E-state index contributed by atoms with van der Waals surface area (Å²) in [6.07, 6.45) is -0.525. The second-order valence-electron chi connectivity index (χ2n) is 7.75. The van der Waals surface area contributed by atoms with E-state index < -0.39 is 11.7 Å². The Kier molecular flexibility index (Phi) is 4.12. The van der Waals surface area contributed by atoms with Crippen molar-refractivity contribution < 1.29 is 18.7 Å². The predicted molar refractivity (Wildman–Crippen MR) is 101 cm³/mol. The van der Waals surface area contributed by atoms with Crippen LogP contribution in [0, 0.1) is 18.8 Å². The van der Waals surface area contributed by atoms with Gasteiger partial charge in [0.15, 0.2) is 23.4 Å². The van der Waals surface area contributed by atoms with Crippen molar-refractivity contribution in [1.82, 2.24) is 10.2 Å².